The van der Waals surface area contributed by atoms with Crippen molar-refractivity contribution in [2.45, 2.75) is 13.3 Å². The van der Waals surface area contributed by atoms with Crippen molar-refractivity contribution >= 4 is 40.0 Å². The summed E-state index contributed by atoms with van der Waals surface area (Å²) in [5.74, 6) is 1.58. The van der Waals surface area contributed by atoms with Crippen LogP contribution in [0.5, 0.6) is 0 Å². The molecule has 7 nitrogen and oxygen atoms in total. The lowest BCUT2D eigenvalue weighted by atomic mass is 10.1. The van der Waals surface area contributed by atoms with Crippen LogP contribution in [0.2, 0.25) is 5.02 Å². The van der Waals surface area contributed by atoms with E-state index < -0.39 is 0 Å². The molecule has 0 saturated carbocycles. The quantitative estimate of drug-likeness (QED) is 0.341. The third-order valence-electron chi connectivity index (χ3n) is 6.66. The van der Waals surface area contributed by atoms with Crippen LogP contribution in [-0.2, 0) is 0 Å². The second-order valence-corrected chi connectivity index (χ2v) is 9.56. The standard InChI is InChI=1S/C28H25ClN6O/c1-19-6-4-7-21(18-19)25-31-32-26-23-8-2-3-9-24(23)30-28(35(25)26)34-15-5-14-33(16-17-34)27(36)20-10-12-22(29)13-11-20/h2-4,6-13,18H,5,14-17H2,1H3. The lowest BCUT2D eigenvalue weighted by Gasteiger charge is -2.24. The van der Waals surface area contributed by atoms with E-state index in [1.807, 2.05) is 35.2 Å². The van der Waals surface area contributed by atoms with E-state index in [1.165, 1.54) is 0 Å². The van der Waals surface area contributed by atoms with Gasteiger partial charge in [-0.05, 0) is 55.8 Å². The van der Waals surface area contributed by atoms with Gasteiger partial charge in [0.25, 0.3) is 5.91 Å². The van der Waals surface area contributed by atoms with Gasteiger partial charge in [0.05, 0.1) is 5.52 Å². The van der Waals surface area contributed by atoms with Crippen molar-refractivity contribution in [1.29, 1.82) is 0 Å². The Kier molecular flexibility index (Phi) is 5.77. The summed E-state index contributed by atoms with van der Waals surface area (Å²) in [4.78, 5) is 22.4. The Morgan fingerprint density at radius 2 is 1.72 bits per heavy atom. The van der Waals surface area contributed by atoms with E-state index in [1.54, 1.807) is 24.3 Å². The Bertz CT molecular complexity index is 1580. The number of aromatic nitrogens is 4. The summed E-state index contributed by atoms with van der Waals surface area (Å²) in [6.45, 7) is 4.78. The van der Waals surface area contributed by atoms with Gasteiger partial charge in [-0.1, -0.05) is 47.5 Å². The van der Waals surface area contributed by atoms with E-state index in [2.05, 4.69) is 44.6 Å². The van der Waals surface area contributed by atoms with Gasteiger partial charge in [0, 0.05) is 47.7 Å². The summed E-state index contributed by atoms with van der Waals surface area (Å²) in [7, 11) is 0. The highest BCUT2D eigenvalue weighted by Gasteiger charge is 2.25. The second-order valence-electron chi connectivity index (χ2n) is 9.12. The van der Waals surface area contributed by atoms with Crippen LogP contribution in [0.4, 0.5) is 5.95 Å². The molecule has 1 aliphatic rings. The van der Waals surface area contributed by atoms with Crippen molar-refractivity contribution in [3.8, 4) is 11.4 Å². The van der Waals surface area contributed by atoms with Crippen LogP contribution in [0.3, 0.4) is 0 Å². The predicted molar refractivity (Wildman–Crippen MR) is 143 cm³/mol. The molecular weight excluding hydrogens is 472 g/mol. The molecule has 1 amide bonds. The molecule has 0 N–H and O–H groups in total. The maximum Gasteiger partial charge on any atom is 0.253 e. The Hall–Kier alpha value is -3.97. The minimum absolute atomic E-state index is 0.0230. The van der Waals surface area contributed by atoms with Crippen LogP contribution >= 0.6 is 11.6 Å². The first kappa shape index (κ1) is 22.5. The first-order valence-corrected chi connectivity index (χ1v) is 12.5. The van der Waals surface area contributed by atoms with Gasteiger partial charge in [-0.3, -0.25) is 4.79 Å². The molecule has 0 bridgehead atoms. The summed E-state index contributed by atoms with van der Waals surface area (Å²) >= 11 is 6.01. The second kappa shape index (κ2) is 9.24. The van der Waals surface area contributed by atoms with Crippen molar-refractivity contribution in [2.24, 2.45) is 0 Å². The monoisotopic (exact) mass is 496 g/mol. The molecule has 1 fully saturated rings. The number of anilines is 1. The normalized spacial score (nSPS) is 14.4. The van der Waals surface area contributed by atoms with Gasteiger partial charge in [0.1, 0.15) is 0 Å². The number of fused-ring (bicyclic) bond motifs is 3. The molecular formula is C28H25ClN6O. The highest BCUT2D eigenvalue weighted by Crippen LogP contribution is 2.29. The van der Waals surface area contributed by atoms with E-state index in [9.17, 15) is 4.79 Å². The van der Waals surface area contributed by atoms with Gasteiger partial charge >= 0.3 is 0 Å². The average molecular weight is 497 g/mol. The highest BCUT2D eigenvalue weighted by atomic mass is 35.5. The maximum absolute atomic E-state index is 13.1. The van der Waals surface area contributed by atoms with Crippen LogP contribution in [0, 0.1) is 6.92 Å². The number of aryl methyl sites for hydroxylation is 1. The summed E-state index contributed by atoms with van der Waals surface area (Å²) in [5, 5.41) is 10.8. The summed E-state index contributed by atoms with van der Waals surface area (Å²) < 4.78 is 2.06. The Labute approximate surface area is 214 Å². The summed E-state index contributed by atoms with van der Waals surface area (Å²) in [6.07, 6.45) is 0.831. The lowest BCUT2D eigenvalue weighted by Crippen LogP contribution is -2.36. The smallest absolute Gasteiger partial charge is 0.253 e. The Morgan fingerprint density at radius 1 is 0.889 bits per heavy atom. The van der Waals surface area contributed by atoms with E-state index in [0.29, 0.717) is 30.2 Å². The zero-order chi connectivity index (χ0) is 24.6. The number of carbonyl (C=O) groups excluding carboxylic acids is 1. The van der Waals surface area contributed by atoms with Crippen LogP contribution in [0.25, 0.3) is 27.9 Å². The van der Waals surface area contributed by atoms with Gasteiger partial charge in [0.15, 0.2) is 11.5 Å². The van der Waals surface area contributed by atoms with E-state index in [4.69, 9.17) is 16.6 Å². The number of benzene rings is 3. The number of nitrogens with zero attached hydrogens (tertiary/aromatic N) is 6. The van der Waals surface area contributed by atoms with Gasteiger partial charge in [0.2, 0.25) is 5.95 Å². The van der Waals surface area contributed by atoms with E-state index in [-0.39, 0.29) is 5.91 Å². The predicted octanol–water partition coefficient (Wildman–Crippen LogP) is 5.26. The topological polar surface area (TPSA) is 66.6 Å². The highest BCUT2D eigenvalue weighted by molar-refractivity contribution is 6.30. The van der Waals surface area contributed by atoms with Gasteiger partial charge < -0.3 is 9.80 Å². The molecule has 8 heteroatoms. The molecule has 0 radical (unpaired) electrons. The van der Waals surface area contributed by atoms with Crippen molar-refractivity contribution < 1.29 is 4.79 Å². The number of amides is 1. The van der Waals surface area contributed by atoms with Crippen molar-refractivity contribution in [3.05, 3.63) is 88.9 Å². The fraction of sp³-hybridized carbons (Fsp3) is 0.214. The van der Waals surface area contributed by atoms with Gasteiger partial charge in [-0.25, -0.2) is 9.38 Å². The Balaban J connectivity index is 1.40. The number of halogens is 1. The molecule has 36 heavy (non-hydrogen) atoms. The van der Waals surface area contributed by atoms with Crippen LogP contribution in [-0.4, -0.2) is 56.6 Å². The minimum atomic E-state index is 0.0230. The molecule has 1 saturated heterocycles. The third-order valence-corrected chi connectivity index (χ3v) is 6.91. The molecule has 3 heterocycles. The molecule has 0 aliphatic carbocycles. The van der Waals surface area contributed by atoms with Crippen molar-refractivity contribution in [1.82, 2.24) is 24.5 Å². The molecule has 0 atom stereocenters. The number of carbonyl (C=O) groups is 1. The SMILES string of the molecule is Cc1cccc(-c2nnc3c4ccccc4nc(N4CCCN(C(=O)c5ccc(Cl)cc5)CC4)n23)c1. The summed E-state index contributed by atoms with van der Waals surface area (Å²) in [6, 6.07) is 23.4. The summed E-state index contributed by atoms with van der Waals surface area (Å²) in [5.41, 5.74) is 4.47. The average Bonchev–Trinajstić information content (AvgIpc) is 3.20. The van der Waals surface area contributed by atoms with E-state index >= 15 is 0 Å². The molecule has 0 unspecified atom stereocenters. The lowest BCUT2D eigenvalue weighted by molar-refractivity contribution is 0.0767. The number of hydrogen-bond donors (Lipinski definition) is 0. The molecule has 6 rings (SSSR count). The fourth-order valence-corrected chi connectivity index (χ4v) is 4.97. The molecule has 3 aromatic carbocycles. The number of para-hydroxylation sites is 1. The zero-order valence-corrected chi connectivity index (χ0v) is 20.7. The molecule has 1 aliphatic heterocycles. The third kappa shape index (κ3) is 4.05. The molecule has 5 aromatic rings. The molecule has 0 spiro atoms. The van der Waals surface area contributed by atoms with Crippen molar-refractivity contribution in [2.75, 3.05) is 31.1 Å². The van der Waals surface area contributed by atoms with Crippen LogP contribution < -0.4 is 4.90 Å². The largest absolute Gasteiger partial charge is 0.340 e. The minimum Gasteiger partial charge on any atom is -0.340 e. The first-order valence-electron chi connectivity index (χ1n) is 12.1. The molecule has 2 aromatic heterocycles. The van der Waals surface area contributed by atoms with Gasteiger partial charge in [-0.15, -0.1) is 10.2 Å². The zero-order valence-electron chi connectivity index (χ0n) is 19.9. The first-order chi connectivity index (χ1) is 17.6. The van der Waals surface area contributed by atoms with Crippen LogP contribution in [0.15, 0.2) is 72.8 Å². The Morgan fingerprint density at radius 3 is 2.56 bits per heavy atom. The maximum atomic E-state index is 13.1. The number of rotatable bonds is 3. The molecule has 180 valence electrons. The van der Waals surface area contributed by atoms with E-state index in [0.717, 1.165) is 52.4 Å². The van der Waals surface area contributed by atoms with Crippen molar-refractivity contribution in [3.63, 3.8) is 0 Å². The number of hydrogen-bond acceptors (Lipinski definition) is 5. The fourth-order valence-electron chi connectivity index (χ4n) is 4.84. The van der Waals surface area contributed by atoms with Crippen LogP contribution in [0.1, 0.15) is 22.3 Å². The van der Waals surface area contributed by atoms with Gasteiger partial charge in [-0.2, -0.15) is 0 Å².